The molecule has 174 valence electrons. The van der Waals surface area contributed by atoms with E-state index in [1.54, 1.807) is 17.5 Å². The van der Waals surface area contributed by atoms with E-state index >= 15 is 0 Å². The minimum atomic E-state index is -3.71. The largest absolute Gasteiger partial charge is 0.399 e. The summed E-state index contributed by atoms with van der Waals surface area (Å²) in [5, 5.41) is 1.78. The van der Waals surface area contributed by atoms with Crippen LogP contribution in [0.5, 0.6) is 0 Å². The second-order valence-electron chi connectivity index (χ2n) is 8.78. The lowest BCUT2D eigenvalue weighted by Crippen LogP contribution is -2.46. The Morgan fingerprint density at radius 3 is 2.55 bits per heavy atom. The first-order valence-corrected chi connectivity index (χ1v) is 13.4. The molecule has 3 aromatic rings. The van der Waals surface area contributed by atoms with Crippen molar-refractivity contribution in [2.75, 3.05) is 30.4 Å². The lowest BCUT2D eigenvalue weighted by Gasteiger charge is -2.41. The van der Waals surface area contributed by atoms with E-state index in [-0.39, 0.29) is 10.4 Å². The molecule has 0 spiro atoms. The molecule has 33 heavy (non-hydrogen) atoms. The minimum absolute atomic E-state index is 0.122. The average molecular weight is 486 g/mol. The number of nitrogen functional groups attached to an aromatic ring is 1. The summed E-state index contributed by atoms with van der Waals surface area (Å²) in [4.78, 5) is 16.2. The van der Waals surface area contributed by atoms with Crippen molar-refractivity contribution < 1.29 is 13.2 Å². The van der Waals surface area contributed by atoms with E-state index in [4.69, 9.17) is 20.4 Å². The fraction of sp³-hybridized carbons (Fsp3) is 0.435. The molecule has 2 aromatic heterocycles. The number of hydrogen-bond acceptors (Lipinski definition) is 9. The maximum absolute atomic E-state index is 13.8. The van der Waals surface area contributed by atoms with Crippen LogP contribution in [-0.2, 0) is 19.3 Å². The maximum atomic E-state index is 13.8. The summed E-state index contributed by atoms with van der Waals surface area (Å²) in [6, 6.07) is 9.32. The van der Waals surface area contributed by atoms with E-state index in [2.05, 4.69) is 16.8 Å². The first-order chi connectivity index (χ1) is 15.8. The zero-order valence-electron chi connectivity index (χ0n) is 18.7. The number of hydrogen-bond donors (Lipinski definition) is 1. The van der Waals surface area contributed by atoms with E-state index in [1.165, 1.54) is 11.3 Å². The Kier molecular flexibility index (Phi) is 5.62. The van der Waals surface area contributed by atoms with Gasteiger partial charge in [0.1, 0.15) is 10.6 Å². The Bertz CT molecular complexity index is 1270. The smallest absolute Gasteiger partial charge is 0.216 e. The number of thiazole rings is 1. The molecule has 2 N–H and O–H groups in total. The molecular formula is C23H27N5O3S2. The first-order valence-electron chi connectivity index (χ1n) is 11.1. The van der Waals surface area contributed by atoms with Gasteiger partial charge in [-0.05, 0) is 57.4 Å². The van der Waals surface area contributed by atoms with Crippen LogP contribution in [0.2, 0.25) is 0 Å². The number of rotatable bonds is 5. The molecule has 1 saturated carbocycles. The Labute approximate surface area is 197 Å². The van der Waals surface area contributed by atoms with Gasteiger partial charge in [-0.2, -0.15) is 0 Å². The average Bonchev–Trinajstić information content (AvgIpc) is 3.21. The molecule has 1 aliphatic carbocycles. The van der Waals surface area contributed by atoms with Gasteiger partial charge in [-0.1, -0.05) is 0 Å². The molecule has 1 saturated heterocycles. The Balaban J connectivity index is 1.68. The molecule has 0 radical (unpaired) electrons. The van der Waals surface area contributed by atoms with E-state index in [0.29, 0.717) is 55.5 Å². The molecule has 2 aliphatic rings. The number of aryl methyl sites for hydroxylation is 1. The number of sulfone groups is 1. The van der Waals surface area contributed by atoms with Gasteiger partial charge in [0, 0.05) is 34.9 Å². The molecule has 0 bridgehead atoms. The van der Waals surface area contributed by atoms with Gasteiger partial charge >= 0.3 is 0 Å². The zero-order chi connectivity index (χ0) is 23.2. The van der Waals surface area contributed by atoms with Gasteiger partial charge in [-0.3, -0.25) is 0 Å². The quantitative estimate of drug-likeness (QED) is 0.546. The summed E-state index contributed by atoms with van der Waals surface area (Å²) in [7, 11) is -3.71. The summed E-state index contributed by atoms with van der Waals surface area (Å²) in [6.45, 7) is 5.77. The van der Waals surface area contributed by atoms with Crippen LogP contribution < -0.4 is 10.6 Å². The molecule has 10 heteroatoms. The van der Waals surface area contributed by atoms with Gasteiger partial charge in [0.2, 0.25) is 14.2 Å². The van der Waals surface area contributed by atoms with E-state index in [9.17, 15) is 8.42 Å². The van der Waals surface area contributed by atoms with Crippen LogP contribution in [0.25, 0.3) is 11.4 Å². The monoisotopic (exact) mass is 485 g/mol. The SMILES string of the molecule is Cc1csc(S(=O)(=O)C2(c3cc(N4CCOC[C@@H]4C)nc(-c4ccc(N)cc4)n3)CCC2)n1. The highest BCUT2D eigenvalue weighted by molar-refractivity contribution is 7.94. The standard InChI is InChI=1S/C23H27N5O3S2/c1-15-14-32-22(25-15)33(29,30)23(8-3-9-23)19-12-20(28-10-11-31-13-16(28)2)27-21(26-19)17-4-6-18(24)7-5-17/h4-7,12,14,16H,3,8-11,13,24H2,1-2H3/t16-/m0/s1. The van der Waals surface area contributed by atoms with Gasteiger partial charge in [0.05, 0.1) is 24.9 Å². The predicted octanol–water partition coefficient (Wildman–Crippen LogP) is 3.57. The van der Waals surface area contributed by atoms with Gasteiger partial charge in [0.25, 0.3) is 0 Å². The number of aromatic nitrogens is 3. The third kappa shape index (κ3) is 3.79. The number of nitrogens with zero attached hydrogens (tertiary/aromatic N) is 4. The summed E-state index contributed by atoms with van der Waals surface area (Å²) >= 11 is 1.18. The molecule has 3 heterocycles. The molecule has 5 rings (SSSR count). The number of ether oxygens (including phenoxy) is 1. The highest BCUT2D eigenvalue weighted by Gasteiger charge is 2.54. The molecule has 2 fully saturated rings. The number of anilines is 2. The Hall–Kier alpha value is -2.56. The van der Waals surface area contributed by atoms with Gasteiger partial charge in [-0.15, -0.1) is 11.3 Å². The van der Waals surface area contributed by atoms with Gasteiger partial charge in [-0.25, -0.2) is 23.4 Å². The third-order valence-corrected chi connectivity index (χ3v) is 10.4. The zero-order valence-corrected chi connectivity index (χ0v) is 20.3. The van der Waals surface area contributed by atoms with Crippen molar-refractivity contribution in [2.24, 2.45) is 0 Å². The highest BCUT2D eigenvalue weighted by Crippen LogP contribution is 2.51. The third-order valence-electron chi connectivity index (χ3n) is 6.51. The van der Waals surface area contributed by atoms with Crippen LogP contribution in [0.3, 0.4) is 0 Å². The number of morpholine rings is 1. The normalized spacial score (nSPS) is 20.4. The summed E-state index contributed by atoms with van der Waals surface area (Å²) in [5.41, 5.74) is 8.57. The minimum Gasteiger partial charge on any atom is -0.399 e. The van der Waals surface area contributed by atoms with E-state index < -0.39 is 14.6 Å². The topological polar surface area (TPSA) is 111 Å². The van der Waals surface area contributed by atoms with Crippen LogP contribution in [0.4, 0.5) is 11.5 Å². The van der Waals surface area contributed by atoms with Crippen molar-refractivity contribution in [1.82, 2.24) is 15.0 Å². The fourth-order valence-corrected chi connectivity index (χ4v) is 7.88. The lowest BCUT2D eigenvalue weighted by molar-refractivity contribution is 0.0985. The van der Waals surface area contributed by atoms with Crippen molar-refractivity contribution in [3.8, 4) is 11.4 Å². The maximum Gasteiger partial charge on any atom is 0.216 e. The van der Waals surface area contributed by atoms with E-state index in [1.807, 2.05) is 25.1 Å². The van der Waals surface area contributed by atoms with Crippen molar-refractivity contribution in [2.45, 2.75) is 48.2 Å². The highest BCUT2D eigenvalue weighted by atomic mass is 32.2. The van der Waals surface area contributed by atoms with Crippen LogP contribution in [0.1, 0.15) is 37.6 Å². The number of benzene rings is 1. The van der Waals surface area contributed by atoms with Gasteiger partial charge in [0.15, 0.2) is 5.82 Å². The predicted molar refractivity (Wildman–Crippen MR) is 129 cm³/mol. The van der Waals surface area contributed by atoms with Crippen molar-refractivity contribution >= 4 is 32.7 Å². The molecule has 1 aliphatic heterocycles. The van der Waals surface area contributed by atoms with Crippen LogP contribution in [0, 0.1) is 6.92 Å². The lowest BCUT2D eigenvalue weighted by atomic mass is 9.81. The van der Waals surface area contributed by atoms with Crippen LogP contribution in [0.15, 0.2) is 40.1 Å². The summed E-state index contributed by atoms with van der Waals surface area (Å²) in [6.07, 6.45) is 1.86. The Morgan fingerprint density at radius 2 is 1.94 bits per heavy atom. The summed E-state index contributed by atoms with van der Waals surface area (Å²) in [5.74, 6) is 1.22. The second-order valence-corrected chi connectivity index (χ2v) is 12.1. The fourth-order valence-electron chi connectivity index (χ4n) is 4.43. The van der Waals surface area contributed by atoms with E-state index in [0.717, 1.165) is 17.8 Å². The molecule has 0 unspecified atom stereocenters. The Morgan fingerprint density at radius 1 is 1.18 bits per heavy atom. The van der Waals surface area contributed by atoms with Crippen molar-refractivity contribution in [3.05, 3.63) is 47.1 Å². The van der Waals surface area contributed by atoms with Gasteiger partial charge < -0.3 is 15.4 Å². The van der Waals surface area contributed by atoms with Crippen LogP contribution >= 0.6 is 11.3 Å². The molecule has 8 nitrogen and oxygen atoms in total. The van der Waals surface area contributed by atoms with Crippen LogP contribution in [-0.4, -0.2) is 49.2 Å². The second kappa shape index (κ2) is 8.34. The molecular weight excluding hydrogens is 458 g/mol. The van der Waals surface area contributed by atoms with Crippen molar-refractivity contribution in [1.29, 1.82) is 0 Å². The molecule has 1 atom stereocenters. The molecule has 0 amide bonds. The number of nitrogens with two attached hydrogens (primary N) is 1. The molecule has 1 aromatic carbocycles. The first kappa shape index (κ1) is 22.2. The van der Waals surface area contributed by atoms with Crippen molar-refractivity contribution in [3.63, 3.8) is 0 Å². The summed E-state index contributed by atoms with van der Waals surface area (Å²) < 4.78 is 32.3.